The maximum Gasteiger partial charge on any atom is 0.317 e. The predicted octanol–water partition coefficient (Wildman–Crippen LogP) is -0.300. The Bertz CT molecular complexity index is 453. The van der Waals surface area contributed by atoms with E-state index in [2.05, 4.69) is 12.2 Å². The predicted molar refractivity (Wildman–Crippen MR) is 74.9 cm³/mol. The maximum absolute atomic E-state index is 12.0. The molecule has 2 amide bonds. The van der Waals surface area contributed by atoms with Crippen molar-refractivity contribution in [3.63, 3.8) is 0 Å². The van der Waals surface area contributed by atoms with Crippen molar-refractivity contribution in [3.05, 3.63) is 0 Å². The van der Waals surface area contributed by atoms with E-state index in [1.54, 1.807) is 11.8 Å². The Morgan fingerprint density at radius 3 is 2.30 bits per heavy atom. The summed E-state index contributed by atoms with van der Waals surface area (Å²) < 4.78 is 30.1. The molecule has 0 bridgehead atoms. The first kappa shape index (κ1) is 15.5. The van der Waals surface area contributed by atoms with E-state index in [1.807, 2.05) is 0 Å². The summed E-state index contributed by atoms with van der Waals surface area (Å²) in [5, 5.41) is 2.90. The van der Waals surface area contributed by atoms with Gasteiger partial charge >= 0.3 is 6.03 Å². The molecule has 8 heteroatoms. The number of hydrogen-bond acceptors (Lipinski definition) is 4. The number of nitrogens with zero attached hydrogens (tertiary/aromatic N) is 2. The van der Waals surface area contributed by atoms with Crippen LogP contribution in [0.5, 0.6) is 0 Å². The van der Waals surface area contributed by atoms with Gasteiger partial charge in [-0.25, -0.2) is 13.2 Å². The highest BCUT2D eigenvalue weighted by Crippen LogP contribution is 2.25. The summed E-state index contributed by atoms with van der Waals surface area (Å²) in [7, 11) is -3.14. The molecule has 0 saturated carbocycles. The van der Waals surface area contributed by atoms with Crippen molar-refractivity contribution >= 4 is 16.1 Å². The second-order valence-electron chi connectivity index (χ2n) is 5.75. The molecule has 0 radical (unpaired) electrons. The highest BCUT2D eigenvalue weighted by atomic mass is 32.2. The monoisotopic (exact) mass is 305 g/mol. The first-order chi connectivity index (χ1) is 9.36. The summed E-state index contributed by atoms with van der Waals surface area (Å²) in [6.45, 7) is 7.30. The lowest BCUT2D eigenvalue weighted by Crippen LogP contribution is -2.56. The molecule has 2 rings (SSSR count). The van der Waals surface area contributed by atoms with Crippen LogP contribution in [-0.4, -0.2) is 75.3 Å². The first-order valence-corrected chi connectivity index (χ1v) is 8.56. The molecule has 116 valence electrons. The SMILES string of the molecule is CCS(=O)(=O)N1CCN(C(=O)NCC2(C)COC2)CC1. The number of nitrogens with one attached hydrogen (secondary N) is 1. The van der Waals surface area contributed by atoms with Gasteiger partial charge in [-0.2, -0.15) is 4.31 Å². The number of hydrogen-bond donors (Lipinski definition) is 1. The summed E-state index contributed by atoms with van der Waals surface area (Å²) in [5.41, 5.74) is 0.0447. The largest absolute Gasteiger partial charge is 0.380 e. The van der Waals surface area contributed by atoms with Crippen molar-refractivity contribution in [2.24, 2.45) is 5.41 Å². The van der Waals surface area contributed by atoms with Gasteiger partial charge in [-0.15, -0.1) is 0 Å². The molecule has 2 heterocycles. The van der Waals surface area contributed by atoms with Crippen LogP contribution < -0.4 is 5.32 Å². The summed E-state index contributed by atoms with van der Waals surface area (Å²) in [4.78, 5) is 13.7. The Balaban J connectivity index is 1.77. The van der Waals surface area contributed by atoms with Crippen LogP contribution in [0.3, 0.4) is 0 Å². The zero-order valence-corrected chi connectivity index (χ0v) is 12.9. The highest BCUT2D eigenvalue weighted by Gasteiger charge is 2.34. The van der Waals surface area contributed by atoms with Crippen molar-refractivity contribution in [1.29, 1.82) is 0 Å². The van der Waals surface area contributed by atoms with Gasteiger partial charge in [0.2, 0.25) is 10.0 Å². The third-order valence-electron chi connectivity index (χ3n) is 3.85. The van der Waals surface area contributed by atoms with Gasteiger partial charge in [0.1, 0.15) is 0 Å². The molecule has 1 N–H and O–H groups in total. The van der Waals surface area contributed by atoms with Crippen molar-refractivity contribution in [2.75, 3.05) is 51.7 Å². The molecule has 0 aromatic rings. The van der Waals surface area contributed by atoms with Crippen LogP contribution >= 0.6 is 0 Å². The molecule has 0 aromatic carbocycles. The molecule has 20 heavy (non-hydrogen) atoms. The van der Waals surface area contributed by atoms with Gasteiger partial charge < -0.3 is 15.0 Å². The van der Waals surface area contributed by atoms with E-state index < -0.39 is 10.0 Å². The molecular weight excluding hydrogens is 282 g/mol. The van der Waals surface area contributed by atoms with E-state index in [0.717, 1.165) is 0 Å². The molecule has 0 aliphatic carbocycles. The van der Waals surface area contributed by atoms with Crippen LogP contribution in [0.4, 0.5) is 4.79 Å². The lowest BCUT2D eigenvalue weighted by atomic mass is 9.89. The fourth-order valence-electron chi connectivity index (χ4n) is 2.31. The Kier molecular flexibility index (Phi) is 4.55. The van der Waals surface area contributed by atoms with Gasteiger partial charge in [-0.05, 0) is 6.92 Å². The average Bonchev–Trinajstić information content (AvgIpc) is 2.42. The molecule has 0 aromatic heterocycles. The average molecular weight is 305 g/mol. The molecule has 2 aliphatic heterocycles. The second kappa shape index (κ2) is 5.87. The Morgan fingerprint density at radius 1 is 1.25 bits per heavy atom. The zero-order chi connectivity index (χ0) is 14.8. The van der Waals surface area contributed by atoms with E-state index in [-0.39, 0.29) is 17.2 Å². The Morgan fingerprint density at radius 2 is 1.85 bits per heavy atom. The summed E-state index contributed by atoms with van der Waals surface area (Å²) >= 11 is 0. The summed E-state index contributed by atoms with van der Waals surface area (Å²) in [6, 6.07) is -0.119. The van der Waals surface area contributed by atoms with Crippen LogP contribution in [0.2, 0.25) is 0 Å². The third-order valence-corrected chi connectivity index (χ3v) is 5.73. The topological polar surface area (TPSA) is 79.0 Å². The number of amides is 2. The van der Waals surface area contributed by atoms with Crippen LogP contribution in [0.25, 0.3) is 0 Å². The van der Waals surface area contributed by atoms with E-state index in [4.69, 9.17) is 4.74 Å². The van der Waals surface area contributed by atoms with Gasteiger partial charge in [-0.1, -0.05) is 6.92 Å². The molecular formula is C12H23N3O4S. The van der Waals surface area contributed by atoms with Crippen molar-refractivity contribution in [1.82, 2.24) is 14.5 Å². The van der Waals surface area contributed by atoms with E-state index >= 15 is 0 Å². The quantitative estimate of drug-likeness (QED) is 0.773. The smallest absolute Gasteiger partial charge is 0.317 e. The summed E-state index contributed by atoms with van der Waals surface area (Å²) in [6.07, 6.45) is 0. The second-order valence-corrected chi connectivity index (χ2v) is 8.01. The normalized spacial score (nSPS) is 23.2. The number of rotatable bonds is 4. The Labute approximate surface area is 120 Å². The third kappa shape index (κ3) is 3.42. The number of piperazine rings is 1. The van der Waals surface area contributed by atoms with E-state index in [0.29, 0.717) is 45.9 Å². The fourth-order valence-corrected chi connectivity index (χ4v) is 3.39. The van der Waals surface area contributed by atoms with Gasteiger partial charge in [0.05, 0.1) is 19.0 Å². The minimum atomic E-state index is -3.14. The van der Waals surface area contributed by atoms with Gasteiger partial charge in [-0.3, -0.25) is 0 Å². The van der Waals surface area contributed by atoms with Crippen LogP contribution in [0, 0.1) is 5.41 Å². The van der Waals surface area contributed by atoms with Gasteiger partial charge in [0.15, 0.2) is 0 Å². The number of carbonyl (C=O) groups excluding carboxylic acids is 1. The lowest BCUT2D eigenvalue weighted by molar-refractivity contribution is -0.0979. The zero-order valence-electron chi connectivity index (χ0n) is 12.1. The van der Waals surface area contributed by atoms with Crippen molar-refractivity contribution in [2.45, 2.75) is 13.8 Å². The number of sulfonamides is 1. The lowest BCUT2D eigenvalue weighted by Gasteiger charge is -2.39. The number of carbonyl (C=O) groups is 1. The van der Waals surface area contributed by atoms with Crippen LogP contribution in [-0.2, 0) is 14.8 Å². The van der Waals surface area contributed by atoms with E-state index in [9.17, 15) is 13.2 Å². The summed E-state index contributed by atoms with van der Waals surface area (Å²) in [5.74, 6) is 0.109. The standard InChI is InChI=1S/C12H23N3O4S/c1-3-20(17,18)15-6-4-14(5-7-15)11(16)13-8-12(2)9-19-10-12/h3-10H2,1-2H3,(H,13,16). The van der Waals surface area contributed by atoms with E-state index in [1.165, 1.54) is 4.31 Å². The molecule has 7 nitrogen and oxygen atoms in total. The number of ether oxygens (including phenoxy) is 1. The Hall–Kier alpha value is -0.860. The number of urea groups is 1. The maximum atomic E-state index is 12.0. The molecule has 2 saturated heterocycles. The van der Waals surface area contributed by atoms with Gasteiger partial charge in [0, 0.05) is 38.1 Å². The molecule has 2 fully saturated rings. The van der Waals surface area contributed by atoms with Crippen molar-refractivity contribution < 1.29 is 17.9 Å². The van der Waals surface area contributed by atoms with Crippen LogP contribution in [0.1, 0.15) is 13.8 Å². The molecule has 2 aliphatic rings. The minimum absolute atomic E-state index is 0.0447. The molecule has 0 unspecified atom stereocenters. The van der Waals surface area contributed by atoms with Crippen LogP contribution in [0.15, 0.2) is 0 Å². The van der Waals surface area contributed by atoms with Crippen molar-refractivity contribution in [3.8, 4) is 0 Å². The van der Waals surface area contributed by atoms with Gasteiger partial charge in [0.25, 0.3) is 0 Å². The highest BCUT2D eigenvalue weighted by molar-refractivity contribution is 7.89. The molecule has 0 atom stereocenters. The molecule has 0 spiro atoms. The first-order valence-electron chi connectivity index (χ1n) is 6.95. The fraction of sp³-hybridized carbons (Fsp3) is 0.917. The minimum Gasteiger partial charge on any atom is -0.380 e.